The van der Waals surface area contributed by atoms with E-state index in [0.717, 1.165) is 29.6 Å². The predicted octanol–water partition coefficient (Wildman–Crippen LogP) is 4.14. The van der Waals surface area contributed by atoms with Gasteiger partial charge in [-0.1, -0.05) is 41.9 Å². The molecule has 1 fully saturated rings. The fraction of sp³-hybridized carbons (Fsp3) is 0.312. The minimum Gasteiger partial charge on any atom is -0.489 e. The van der Waals surface area contributed by atoms with Crippen molar-refractivity contribution >= 4 is 17.4 Å². The summed E-state index contributed by atoms with van der Waals surface area (Å²) in [6.07, 6.45) is 2.62. The van der Waals surface area contributed by atoms with Crippen LogP contribution in [0.4, 0.5) is 5.82 Å². The highest BCUT2D eigenvalue weighted by Gasteiger charge is 2.20. The number of nitrogens with zero attached hydrogens (tertiary/aromatic N) is 1. The maximum atomic E-state index is 6.03. The predicted molar refractivity (Wildman–Crippen MR) is 81.2 cm³/mol. The summed E-state index contributed by atoms with van der Waals surface area (Å²) in [5.41, 5.74) is 1.13. The number of aromatic nitrogens is 1. The van der Waals surface area contributed by atoms with Gasteiger partial charge in [0.05, 0.1) is 0 Å². The smallest absolute Gasteiger partial charge is 0.135 e. The standard InChI is InChI=1S/C16H17ClN2O/c17-15-8-14(20-11-13-4-2-1-3-5-13)9-16(19-15)18-10-12-6-7-12/h1-5,8-9,12H,6-7,10-11H2,(H,18,19). The summed E-state index contributed by atoms with van der Waals surface area (Å²) in [6.45, 7) is 1.49. The number of benzene rings is 1. The molecule has 1 aromatic heterocycles. The molecule has 0 bridgehead atoms. The van der Waals surface area contributed by atoms with Crippen molar-refractivity contribution in [3.8, 4) is 5.75 Å². The van der Waals surface area contributed by atoms with Crippen LogP contribution in [0.25, 0.3) is 0 Å². The Bertz CT molecular complexity index is 570. The molecule has 0 saturated heterocycles. The molecule has 3 nitrogen and oxygen atoms in total. The number of rotatable bonds is 6. The molecule has 3 rings (SSSR count). The molecule has 0 radical (unpaired) electrons. The van der Waals surface area contributed by atoms with Crippen LogP contribution < -0.4 is 10.1 Å². The van der Waals surface area contributed by atoms with Crippen LogP contribution in [0.15, 0.2) is 42.5 Å². The first kappa shape index (κ1) is 13.3. The number of ether oxygens (including phenoxy) is 1. The summed E-state index contributed by atoms with van der Waals surface area (Å²) in [6, 6.07) is 13.7. The summed E-state index contributed by atoms with van der Waals surface area (Å²) < 4.78 is 5.77. The summed E-state index contributed by atoms with van der Waals surface area (Å²) in [5, 5.41) is 3.76. The Hall–Kier alpha value is -1.74. The topological polar surface area (TPSA) is 34.1 Å². The lowest BCUT2D eigenvalue weighted by atomic mass is 10.2. The second-order valence-corrected chi connectivity index (χ2v) is 5.50. The number of halogens is 1. The normalized spacial score (nSPS) is 14.1. The van der Waals surface area contributed by atoms with E-state index in [2.05, 4.69) is 10.3 Å². The molecule has 2 aromatic rings. The van der Waals surface area contributed by atoms with Gasteiger partial charge in [-0.25, -0.2) is 4.98 Å². The Morgan fingerprint density at radius 3 is 2.75 bits per heavy atom. The molecule has 1 N–H and O–H groups in total. The van der Waals surface area contributed by atoms with Crippen molar-refractivity contribution in [2.75, 3.05) is 11.9 Å². The van der Waals surface area contributed by atoms with Crippen LogP contribution in [0.3, 0.4) is 0 Å². The van der Waals surface area contributed by atoms with E-state index in [1.165, 1.54) is 12.8 Å². The number of pyridine rings is 1. The van der Waals surface area contributed by atoms with Crippen LogP contribution >= 0.6 is 11.6 Å². The minimum atomic E-state index is 0.453. The largest absolute Gasteiger partial charge is 0.489 e. The Balaban J connectivity index is 1.62. The molecule has 104 valence electrons. The molecule has 0 amide bonds. The van der Waals surface area contributed by atoms with Crippen molar-refractivity contribution < 1.29 is 4.74 Å². The lowest BCUT2D eigenvalue weighted by Gasteiger charge is -2.10. The average Bonchev–Trinajstić information content (AvgIpc) is 3.28. The van der Waals surface area contributed by atoms with Crippen molar-refractivity contribution in [2.24, 2.45) is 5.92 Å². The fourth-order valence-electron chi connectivity index (χ4n) is 1.96. The van der Waals surface area contributed by atoms with Gasteiger partial charge in [-0.2, -0.15) is 0 Å². The molecule has 20 heavy (non-hydrogen) atoms. The third kappa shape index (κ3) is 3.87. The molecule has 1 aliphatic carbocycles. The molecule has 0 unspecified atom stereocenters. The van der Waals surface area contributed by atoms with E-state index in [0.29, 0.717) is 11.8 Å². The maximum Gasteiger partial charge on any atom is 0.135 e. The highest BCUT2D eigenvalue weighted by molar-refractivity contribution is 6.29. The summed E-state index contributed by atoms with van der Waals surface area (Å²) >= 11 is 6.03. The van der Waals surface area contributed by atoms with E-state index in [1.54, 1.807) is 6.07 Å². The molecule has 1 heterocycles. The van der Waals surface area contributed by atoms with Crippen molar-refractivity contribution in [1.29, 1.82) is 0 Å². The van der Waals surface area contributed by atoms with Gasteiger partial charge in [0.25, 0.3) is 0 Å². The van der Waals surface area contributed by atoms with E-state index in [1.807, 2.05) is 36.4 Å². The van der Waals surface area contributed by atoms with E-state index >= 15 is 0 Å². The number of anilines is 1. The molecular weight excluding hydrogens is 272 g/mol. The maximum absolute atomic E-state index is 6.03. The van der Waals surface area contributed by atoms with Gasteiger partial charge in [0.15, 0.2) is 0 Å². The van der Waals surface area contributed by atoms with Crippen LogP contribution in [0.1, 0.15) is 18.4 Å². The molecule has 0 aliphatic heterocycles. The zero-order chi connectivity index (χ0) is 13.8. The van der Waals surface area contributed by atoms with Gasteiger partial charge in [-0.05, 0) is 24.3 Å². The first-order valence-corrected chi connectivity index (χ1v) is 7.25. The molecule has 0 spiro atoms. The lowest BCUT2D eigenvalue weighted by Crippen LogP contribution is -2.05. The van der Waals surface area contributed by atoms with Crippen LogP contribution in [-0.4, -0.2) is 11.5 Å². The first-order valence-electron chi connectivity index (χ1n) is 6.88. The quantitative estimate of drug-likeness (QED) is 0.811. The number of hydrogen-bond donors (Lipinski definition) is 1. The molecule has 4 heteroatoms. The van der Waals surface area contributed by atoms with Crippen LogP contribution in [-0.2, 0) is 6.61 Å². The Morgan fingerprint density at radius 2 is 2.00 bits per heavy atom. The second-order valence-electron chi connectivity index (χ2n) is 5.11. The van der Waals surface area contributed by atoms with E-state index < -0.39 is 0 Å². The third-order valence-corrected chi connectivity index (χ3v) is 3.48. The lowest BCUT2D eigenvalue weighted by molar-refractivity contribution is 0.306. The molecule has 1 aliphatic rings. The summed E-state index contributed by atoms with van der Waals surface area (Å²) in [5.74, 6) is 2.32. The van der Waals surface area contributed by atoms with Gasteiger partial charge < -0.3 is 10.1 Å². The Morgan fingerprint density at radius 1 is 1.20 bits per heavy atom. The van der Waals surface area contributed by atoms with Crippen LogP contribution in [0, 0.1) is 5.92 Å². The van der Waals surface area contributed by atoms with Crippen LogP contribution in [0.2, 0.25) is 5.15 Å². The van der Waals surface area contributed by atoms with Gasteiger partial charge in [0, 0.05) is 18.7 Å². The fourth-order valence-corrected chi connectivity index (χ4v) is 2.16. The van der Waals surface area contributed by atoms with Crippen molar-refractivity contribution in [2.45, 2.75) is 19.4 Å². The number of nitrogens with one attached hydrogen (secondary N) is 1. The van der Waals surface area contributed by atoms with Crippen LogP contribution in [0.5, 0.6) is 5.75 Å². The average molecular weight is 289 g/mol. The van der Waals surface area contributed by atoms with E-state index in [9.17, 15) is 0 Å². The molecule has 1 aromatic carbocycles. The van der Waals surface area contributed by atoms with Gasteiger partial charge in [0.2, 0.25) is 0 Å². The van der Waals surface area contributed by atoms with Crippen molar-refractivity contribution in [1.82, 2.24) is 4.98 Å². The zero-order valence-corrected chi connectivity index (χ0v) is 11.9. The van der Waals surface area contributed by atoms with Gasteiger partial charge in [0.1, 0.15) is 23.3 Å². The van der Waals surface area contributed by atoms with E-state index in [-0.39, 0.29) is 0 Å². The monoisotopic (exact) mass is 288 g/mol. The summed E-state index contributed by atoms with van der Waals surface area (Å²) in [4.78, 5) is 4.26. The SMILES string of the molecule is Clc1cc(OCc2ccccc2)cc(NCC2CC2)n1. The Labute approximate surface area is 123 Å². The molecular formula is C16H17ClN2O. The van der Waals surface area contributed by atoms with Gasteiger partial charge in [-0.15, -0.1) is 0 Å². The van der Waals surface area contributed by atoms with Gasteiger partial charge in [-0.3, -0.25) is 0 Å². The van der Waals surface area contributed by atoms with Crippen molar-refractivity contribution in [3.05, 3.63) is 53.2 Å². The zero-order valence-electron chi connectivity index (χ0n) is 11.2. The number of hydrogen-bond acceptors (Lipinski definition) is 3. The highest BCUT2D eigenvalue weighted by Crippen LogP contribution is 2.29. The molecule has 1 saturated carbocycles. The Kier molecular flexibility index (Phi) is 4.07. The third-order valence-electron chi connectivity index (χ3n) is 3.28. The summed E-state index contributed by atoms with van der Waals surface area (Å²) in [7, 11) is 0. The molecule has 0 atom stereocenters. The highest BCUT2D eigenvalue weighted by atomic mass is 35.5. The van der Waals surface area contributed by atoms with E-state index in [4.69, 9.17) is 16.3 Å². The second kappa shape index (κ2) is 6.14. The first-order chi connectivity index (χ1) is 9.79. The van der Waals surface area contributed by atoms with Gasteiger partial charge >= 0.3 is 0 Å². The minimum absolute atomic E-state index is 0.453. The van der Waals surface area contributed by atoms with Crippen molar-refractivity contribution in [3.63, 3.8) is 0 Å².